The number of anilines is 3. The Balaban J connectivity index is 1.85. The molecule has 1 aliphatic rings. The Morgan fingerprint density at radius 3 is 2.95 bits per heavy atom. The third-order valence-corrected chi connectivity index (χ3v) is 3.99. The van der Waals surface area contributed by atoms with Gasteiger partial charge in [0.05, 0.1) is 11.4 Å². The van der Waals surface area contributed by atoms with Crippen LogP contribution in [0.1, 0.15) is 0 Å². The minimum Gasteiger partial charge on any atom is -0.356 e. The number of amides is 2. The van der Waals surface area contributed by atoms with E-state index in [1.54, 1.807) is 23.2 Å². The maximum Gasteiger partial charge on any atom is 0.326 e. The Morgan fingerprint density at radius 2 is 2.18 bits per heavy atom. The summed E-state index contributed by atoms with van der Waals surface area (Å²) >= 11 is 3.19. The molecule has 3 rings (SSSR count). The zero-order valence-electron chi connectivity index (χ0n) is 11.9. The van der Waals surface area contributed by atoms with Crippen molar-refractivity contribution < 1.29 is 9.18 Å². The van der Waals surface area contributed by atoms with E-state index in [0.29, 0.717) is 23.2 Å². The van der Waals surface area contributed by atoms with E-state index in [9.17, 15) is 9.18 Å². The number of rotatable bonds is 1. The molecule has 2 amide bonds. The minimum absolute atomic E-state index is 0.151. The number of nitrogens with zero attached hydrogens (tertiary/aromatic N) is 3. The number of carbonyl (C=O) groups excluding carboxylic acids is 1. The normalized spacial score (nSPS) is 13.8. The lowest BCUT2D eigenvalue weighted by atomic mass is 10.2. The van der Waals surface area contributed by atoms with E-state index < -0.39 is 5.82 Å². The molecule has 0 saturated carbocycles. The summed E-state index contributed by atoms with van der Waals surface area (Å²) in [6, 6.07) is 7.75. The average Bonchev–Trinajstić information content (AvgIpc) is 2.50. The Hall–Kier alpha value is -2.15. The predicted octanol–water partition coefficient (Wildman–Crippen LogP) is 3.47. The third kappa shape index (κ3) is 2.76. The highest BCUT2D eigenvalue weighted by Crippen LogP contribution is 2.30. The van der Waals surface area contributed by atoms with Gasteiger partial charge in [0.2, 0.25) is 0 Å². The second-order valence-corrected chi connectivity index (χ2v) is 5.89. The summed E-state index contributed by atoms with van der Waals surface area (Å²) in [6.07, 6.45) is 1.69. The van der Waals surface area contributed by atoms with Crippen LogP contribution in [0.3, 0.4) is 0 Å². The zero-order chi connectivity index (χ0) is 15.7. The van der Waals surface area contributed by atoms with Gasteiger partial charge in [-0.15, -0.1) is 0 Å². The van der Waals surface area contributed by atoms with Gasteiger partial charge in [0.25, 0.3) is 0 Å². The molecule has 22 heavy (non-hydrogen) atoms. The van der Waals surface area contributed by atoms with Gasteiger partial charge in [0.1, 0.15) is 5.82 Å². The Labute approximate surface area is 135 Å². The molecular weight excluding hydrogens is 351 g/mol. The van der Waals surface area contributed by atoms with Gasteiger partial charge < -0.3 is 10.2 Å². The van der Waals surface area contributed by atoms with E-state index in [4.69, 9.17) is 0 Å². The number of carbonyl (C=O) groups is 1. The molecule has 0 fully saturated rings. The van der Waals surface area contributed by atoms with Crippen LogP contribution in [0, 0.1) is 5.82 Å². The summed E-state index contributed by atoms with van der Waals surface area (Å²) in [4.78, 5) is 20.3. The van der Waals surface area contributed by atoms with Crippen LogP contribution in [0.25, 0.3) is 0 Å². The van der Waals surface area contributed by atoms with Gasteiger partial charge in [0, 0.05) is 30.8 Å². The van der Waals surface area contributed by atoms with Gasteiger partial charge in [0.15, 0.2) is 5.82 Å². The second kappa shape index (κ2) is 5.92. The van der Waals surface area contributed by atoms with Gasteiger partial charge >= 0.3 is 6.03 Å². The molecule has 2 heterocycles. The lowest BCUT2D eigenvalue weighted by Crippen LogP contribution is -2.45. The number of fused-ring (bicyclic) bond motifs is 1. The van der Waals surface area contributed by atoms with Crippen LogP contribution in [0.15, 0.2) is 41.0 Å². The number of likely N-dealkylation sites (N-methyl/N-ethyl adjacent to an activating group) is 1. The molecule has 0 spiro atoms. The maximum atomic E-state index is 13.9. The largest absolute Gasteiger partial charge is 0.356 e. The van der Waals surface area contributed by atoms with Crippen molar-refractivity contribution in [1.82, 2.24) is 4.98 Å². The maximum absolute atomic E-state index is 13.9. The Kier molecular flexibility index (Phi) is 3.98. The highest BCUT2D eigenvalue weighted by atomic mass is 79.9. The first-order valence-electron chi connectivity index (χ1n) is 6.76. The highest BCUT2D eigenvalue weighted by Gasteiger charge is 2.26. The van der Waals surface area contributed by atoms with Crippen molar-refractivity contribution in [3.05, 3.63) is 46.8 Å². The van der Waals surface area contributed by atoms with Crippen molar-refractivity contribution in [2.75, 3.05) is 35.3 Å². The fourth-order valence-electron chi connectivity index (χ4n) is 2.35. The van der Waals surface area contributed by atoms with E-state index >= 15 is 0 Å². The van der Waals surface area contributed by atoms with Crippen LogP contribution >= 0.6 is 15.9 Å². The summed E-state index contributed by atoms with van der Waals surface area (Å²) in [6.45, 7) is 1.18. The molecule has 114 valence electrons. The molecule has 7 heteroatoms. The van der Waals surface area contributed by atoms with Crippen molar-refractivity contribution in [3.8, 4) is 0 Å². The molecule has 1 aliphatic heterocycles. The van der Waals surface area contributed by atoms with Gasteiger partial charge in [-0.1, -0.05) is 15.9 Å². The molecule has 0 unspecified atom stereocenters. The molecule has 0 saturated heterocycles. The molecule has 5 nitrogen and oxygen atoms in total. The zero-order valence-corrected chi connectivity index (χ0v) is 13.5. The number of benzene rings is 1. The van der Waals surface area contributed by atoms with Crippen LogP contribution in [0.5, 0.6) is 0 Å². The Bertz CT molecular complexity index is 724. The summed E-state index contributed by atoms with van der Waals surface area (Å²) < 4.78 is 14.5. The average molecular weight is 365 g/mol. The second-order valence-electron chi connectivity index (χ2n) is 4.97. The highest BCUT2D eigenvalue weighted by molar-refractivity contribution is 9.10. The molecule has 1 aromatic heterocycles. The molecular formula is C15H14BrFN4O. The molecule has 0 atom stereocenters. The number of aromatic nitrogens is 1. The molecule has 2 aromatic rings. The van der Waals surface area contributed by atoms with Crippen LogP contribution in [-0.2, 0) is 0 Å². The van der Waals surface area contributed by atoms with Crippen LogP contribution in [0.4, 0.5) is 26.4 Å². The van der Waals surface area contributed by atoms with Crippen molar-refractivity contribution >= 4 is 39.2 Å². The van der Waals surface area contributed by atoms with Crippen molar-refractivity contribution in [1.29, 1.82) is 0 Å². The van der Waals surface area contributed by atoms with Gasteiger partial charge in [-0.25, -0.2) is 14.2 Å². The van der Waals surface area contributed by atoms with Crippen molar-refractivity contribution in [2.24, 2.45) is 0 Å². The van der Waals surface area contributed by atoms with Crippen LogP contribution in [-0.4, -0.2) is 31.2 Å². The van der Waals surface area contributed by atoms with Gasteiger partial charge in [-0.2, -0.15) is 0 Å². The SMILES string of the molecule is CN1CCN(C(=O)Nc2ccc(Br)cc2F)c2cccnc21. The van der Waals surface area contributed by atoms with E-state index in [1.165, 1.54) is 12.1 Å². The number of halogens is 2. The predicted molar refractivity (Wildman–Crippen MR) is 88.0 cm³/mol. The summed E-state index contributed by atoms with van der Waals surface area (Å²) in [5.74, 6) is 0.253. The monoisotopic (exact) mass is 364 g/mol. The number of nitrogens with one attached hydrogen (secondary N) is 1. The first-order valence-corrected chi connectivity index (χ1v) is 7.55. The van der Waals surface area contributed by atoms with Gasteiger partial charge in [-0.05, 0) is 30.3 Å². The molecule has 0 aliphatic carbocycles. The fourth-order valence-corrected chi connectivity index (χ4v) is 2.69. The smallest absolute Gasteiger partial charge is 0.326 e. The van der Waals surface area contributed by atoms with E-state index in [1.807, 2.05) is 18.0 Å². The molecule has 1 N–H and O–H groups in total. The first-order chi connectivity index (χ1) is 10.6. The van der Waals surface area contributed by atoms with E-state index in [-0.39, 0.29) is 11.7 Å². The third-order valence-electron chi connectivity index (χ3n) is 3.50. The number of pyridine rings is 1. The molecule has 0 radical (unpaired) electrons. The number of urea groups is 1. The molecule has 0 bridgehead atoms. The van der Waals surface area contributed by atoms with E-state index in [2.05, 4.69) is 26.2 Å². The topological polar surface area (TPSA) is 48.5 Å². The van der Waals surface area contributed by atoms with Crippen LogP contribution < -0.4 is 15.1 Å². The Morgan fingerprint density at radius 1 is 1.36 bits per heavy atom. The lowest BCUT2D eigenvalue weighted by Gasteiger charge is -2.34. The molecule has 1 aromatic carbocycles. The number of hydrogen-bond donors (Lipinski definition) is 1. The summed E-state index contributed by atoms with van der Waals surface area (Å²) in [5.41, 5.74) is 0.865. The first kappa shape index (κ1) is 14.8. The van der Waals surface area contributed by atoms with Gasteiger partial charge in [-0.3, -0.25) is 4.90 Å². The summed E-state index contributed by atoms with van der Waals surface area (Å²) in [7, 11) is 1.93. The number of hydrogen-bond acceptors (Lipinski definition) is 3. The van der Waals surface area contributed by atoms with Crippen molar-refractivity contribution in [3.63, 3.8) is 0 Å². The van der Waals surface area contributed by atoms with Crippen molar-refractivity contribution in [2.45, 2.75) is 0 Å². The fraction of sp³-hybridized carbons (Fsp3) is 0.200. The summed E-state index contributed by atoms with van der Waals surface area (Å²) in [5, 5.41) is 2.61. The van der Waals surface area contributed by atoms with E-state index in [0.717, 1.165) is 5.82 Å². The standard InChI is InChI=1S/C15H14BrFN4O/c1-20-7-8-21(13-3-2-6-18-14(13)20)15(22)19-12-5-4-10(16)9-11(12)17/h2-6,9H,7-8H2,1H3,(H,19,22). The minimum atomic E-state index is -0.483. The lowest BCUT2D eigenvalue weighted by molar-refractivity contribution is 0.256. The van der Waals surface area contributed by atoms with Crippen LogP contribution in [0.2, 0.25) is 0 Å². The quantitative estimate of drug-likeness (QED) is 0.842.